The molecule has 56 heavy (non-hydrogen) atoms. The van der Waals surface area contributed by atoms with Gasteiger partial charge in [-0.3, -0.25) is 33.6 Å². The normalized spacial score (nSPS) is 9.84. The number of hydrogen-bond acceptors (Lipinski definition) is 17. The number of ketones is 1. The molecule has 0 spiro atoms. The van der Waals surface area contributed by atoms with E-state index < -0.39 is 96.4 Å². The molecule has 26 heteroatoms. The number of carboxylic acid groups (broad SMARTS) is 9. The molecule has 0 unspecified atom stereocenters. The molecule has 0 aromatic carbocycles. The lowest BCUT2D eigenvalue weighted by Gasteiger charge is -2.25. The first-order valence-corrected chi connectivity index (χ1v) is 14.9. The number of aliphatic hydroxyl groups excluding tert-OH is 3. The number of Topliss-reactive ketones (excluding diaryl/α,β-unsaturated/α-hetero) is 1. The van der Waals surface area contributed by atoms with Crippen LogP contribution < -0.4 is 10.2 Å². The molecule has 0 rings (SSSR count). The number of rotatable bonds is 15. The molecule has 0 aliphatic rings. The Morgan fingerprint density at radius 1 is 0.464 bits per heavy atom. The van der Waals surface area contributed by atoms with Crippen molar-refractivity contribution < 1.29 is 128 Å². The Labute approximate surface area is 321 Å². The van der Waals surface area contributed by atoms with Crippen LogP contribution in [-0.4, -0.2) is 217 Å². The van der Waals surface area contributed by atoms with Gasteiger partial charge < -0.3 is 90.0 Å². The lowest BCUT2D eigenvalue weighted by Crippen LogP contribution is -2.51. The van der Waals surface area contributed by atoms with Crippen LogP contribution in [0.2, 0.25) is 0 Å². The maximum Gasteiger partial charge on any atom is 0.371 e. The van der Waals surface area contributed by atoms with Crippen molar-refractivity contribution in [1.82, 2.24) is 0 Å². The minimum absolute atomic E-state index is 0.281. The van der Waals surface area contributed by atoms with Crippen molar-refractivity contribution >= 4 is 59.5 Å². The number of carbonyl (C=O) groups is 10. The number of aliphatic carboxylic acids is 9. The van der Waals surface area contributed by atoms with Crippen molar-refractivity contribution in [2.75, 3.05) is 75.7 Å². The Balaban J connectivity index is -0.0000000830. The van der Waals surface area contributed by atoms with Gasteiger partial charge in [-0.05, 0) is 0 Å². The summed E-state index contributed by atoms with van der Waals surface area (Å²) in [6.45, 7) is 5.40. The highest BCUT2D eigenvalue weighted by molar-refractivity contribution is 6.31. The maximum absolute atomic E-state index is 10.2. The van der Waals surface area contributed by atoms with E-state index in [4.69, 9.17) is 70.9 Å². The average molecular weight is 831 g/mol. The molecule has 0 amide bonds. The summed E-state index contributed by atoms with van der Waals surface area (Å²) in [5.41, 5.74) is -5.70. The second-order valence-electron chi connectivity index (χ2n) is 12.3. The fourth-order valence-corrected chi connectivity index (χ4v) is 2.01. The zero-order valence-electron chi connectivity index (χ0n) is 32.8. The molecule has 0 aliphatic heterocycles. The van der Waals surface area contributed by atoms with Crippen molar-refractivity contribution in [3.8, 4) is 0 Å². The molecule has 0 fully saturated rings. The van der Waals surface area contributed by atoms with Gasteiger partial charge in [0.1, 0.15) is 24.3 Å². The third kappa shape index (κ3) is 73.9. The summed E-state index contributed by atoms with van der Waals surface area (Å²) in [7, 11) is 13.3. The van der Waals surface area contributed by atoms with E-state index in [1.807, 2.05) is 0 Å². The fraction of sp³-hybridized carbons (Fsp3) is 0.667. The molecular weight excluding hydrogens is 772 g/mol. The molecule has 0 saturated heterocycles. The Morgan fingerprint density at radius 3 is 0.643 bits per heavy atom. The van der Waals surface area contributed by atoms with Crippen molar-refractivity contribution in [3.05, 3.63) is 0 Å². The molecular formula is C30H58N2O24. The number of nitrogens with zero attached hydrogens (tertiary/aromatic N) is 2. The molecule has 26 nitrogen and oxygen atoms in total. The average Bonchev–Trinajstić information content (AvgIpc) is 2.91. The van der Waals surface area contributed by atoms with E-state index in [-0.39, 0.29) is 13.2 Å². The highest BCUT2D eigenvalue weighted by Crippen LogP contribution is 2.15. The van der Waals surface area contributed by atoms with Gasteiger partial charge in [0.05, 0.1) is 93.1 Å². The van der Waals surface area contributed by atoms with Crippen LogP contribution in [0.15, 0.2) is 0 Å². The van der Waals surface area contributed by atoms with Crippen LogP contribution in [0.3, 0.4) is 0 Å². The SMILES string of the molecule is CC(=O)C(=O)O.CC(=O)O.CC(=O)O.CO.C[N+](C)(C)CCO.C[N+](C)(C)CCO.O=C(O)CC(O)(CC(=O)O)C(=O)[O-].O=C(O)CC(O)(CC(=O)O)C(=O)[O-]. The predicted octanol–water partition coefficient (Wildman–Crippen LogP) is -6.35. The van der Waals surface area contributed by atoms with Crippen LogP contribution in [0.25, 0.3) is 0 Å². The minimum Gasteiger partial charge on any atom is -0.547 e. The second-order valence-corrected chi connectivity index (χ2v) is 12.3. The van der Waals surface area contributed by atoms with Gasteiger partial charge in [0.15, 0.2) is 0 Å². The molecule has 0 aliphatic carbocycles. The molecule has 0 aromatic heterocycles. The minimum atomic E-state index is -2.85. The highest BCUT2D eigenvalue weighted by atomic mass is 16.4. The van der Waals surface area contributed by atoms with Crippen molar-refractivity contribution in [1.29, 1.82) is 0 Å². The topological polar surface area (TPSA) is 460 Å². The van der Waals surface area contributed by atoms with Crippen molar-refractivity contribution in [2.45, 2.75) is 57.7 Å². The summed E-state index contributed by atoms with van der Waals surface area (Å²) in [5, 5.41) is 117. The summed E-state index contributed by atoms with van der Waals surface area (Å²) in [5.74, 6) is -14.6. The van der Waals surface area contributed by atoms with Gasteiger partial charge in [-0.15, -0.1) is 0 Å². The largest absolute Gasteiger partial charge is 0.547 e. The third-order valence-corrected chi connectivity index (χ3v) is 4.38. The monoisotopic (exact) mass is 830 g/mol. The molecule has 12 N–H and O–H groups in total. The van der Waals surface area contributed by atoms with Crippen LogP contribution in [0.5, 0.6) is 0 Å². The van der Waals surface area contributed by atoms with Gasteiger partial charge >= 0.3 is 29.8 Å². The zero-order chi connectivity index (χ0) is 47.4. The number of likely N-dealkylation sites (N-methyl/N-ethyl adjacent to an activating group) is 2. The van der Waals surface area contributed by atoms with Crippen LogP contribution in [0.4, 0.5) is 0 Å². The van der Waals surface area contributed by atoms with Gasteiger partial charge in [-0.2, -0.15) is 0 Å². The molecule has 332 valence electrons. The molecule has 0 bridgehead atoms. The first-order chi connectivity index (χ1) is 24.8. The standard InChI is InChI=1S/2C6H8O7.2C5H14NO.C3H4O3.2C2H4O2.CH4O/c2*7-3(8)1-6(13,5(11)12)2-4(9)10;2*1-6(2,3)4-5-7;1-2(4)3(5)6;2*1-2(3)4;1-2/h2*13H,1-2H2,(H,7,8)(H,9,10)(H,11,12);2*7H,4-5H2,1-3H3;1H3,(H,5,6);2*1H3,(H,3,4);2H,1H3/q;;2*+1;;;;/p-2. The second kappa shape index (κ2) is 36.6. The summed E-state index contributed by atoms with van der Waals surface area (Å²) in [4.78, 5) is 97.5. The van der Waals surface area contributed by atoms with E-state index >= 15 is 0 Å². The van der Waals surface area contributed by atoms with E-state index in [0.717, 1.165) is 49.9 Å². The quantitative estimate of drug-likeness (QED) is 0.0539. The van der Waals surface area contributed by atoms with Gasteiger partial charge in [-0.1, -0.05) is 0 Å². The lowest BCUT2D eigenvalue weighted by atomic mass is 9.96. The summed E-state index contributed by atoms with van der Waals surface area (Å²) < 4.78 is 1.69. The zero-order valence-corrected chi connectivity index (χ0v) is 32.8. The number of carboxylic acids is 9. The van der Waals surface area contributed by atoms with Crippen LogP contribution in [-0.2, 0) is 47.9 Å². The number of quaternary nitrogens is 2. The summed E-state index contributed by atoms with van der Waals surface area (Å²) in [6, 6.07) is 0. The van der Waals surface area contributed by atoms with Crippen LogP contribution in [0, 0.1) is 0 Å². The van der Waals surface area contributed by atoms with E-state index in [0.29, 0.717) is 0 Å². The van der Waals surface area contributed by atoms with Gasteiger partial charge in [-0.25, -0.2) is 4.79 Å². The molecule has 0 radical (unpaired) electrons. The smallest absolute Gasteiger partial charge is 0.371 e. The Bertz CT molecular complexity index is 1070. The highest BCUT2D eigenvalue weighted by Gasteiger charge is 2.35. The van der Waals surface area contributed by atoms with E-state index in [2.05, 4.69) is 42.3 Å². The van der Waals surface area contributed by atoms with Crippen LogP contribution in [0.1, 0.15) is 46.5 Å². The fourth-order valence-electron chi connectivity index (χ4n) is 2.01. The lowest BCUT2D eigenvalue weighted by molar-refractivity contribution is -0.870. The first kappa shape index (κ1) is 68.6. The Morgan fingerprint density at radius 2 is 0.607 bits per heavy atom. The van der Waals surface area contributed by atoms with Crippen LogP contribution >= 0.6 is 0 Å². The Kier molecular flexibility index (Phi) is 44.8. The molecule has 0 atom stereocenters. The Hall–Kier alpha value is -5.38. The number of hydrogen-bond donors (Lipinski definition) is 12. The predicted molar refractivity (Wildman–Crippen MR) is 182 cm³/mol. The first-order valence-electron chi connectivity index (χ1n) is 14.9. The summed E-state index contributed by atoms with van der Waals surface area (Å²) >= 11 is 0. The molecule has 0 saturated carbocycles. The molecule has 0 aromatic rings. The van der Waals surface area contributed by atoms with E-state index in [1.165, 1.54) is 0 Å². The van der Waals surface area contributed by atoms with Crippen molar-refractivity contribution in [2.24, 2.45) is 0 Å². The van der Waals surface area contributed by atoms with Gasteiger partial charge in [0.2, 0.25) is 5.78 Å². The number of aliphatic hydroxyl groups is 5. The van der Waals surface area contributed by atoms with E-state index in [9.17, 15) is 48.6 Å². The summed E-state index contributed by atoms with van der Waals surface area (Å²) in [6.07, 6.45) is -4.83. The van der Waals surface area contributed by atoms with Gasteiger partial charge in [0, 0.05) is 27.9 Å². The van der Waals surface area contributed by atoms with E-state index in [1.54, 1.807) is 0 Å². The number of carbonyl (C=O) groups excluding carboxylic acids is 3. The maximum atomic E-state index is 10.2. The molecule has 0 heterocycles. The van der Waals surface area contributed by atoms with Gasteiger partial charge in [0.25, 0.3) is 11.9 Å². The third-order valence-electron chi connectivity index (χ3n) is 4.38. The van der Waals surface area contributed by atoms with Crippen molar-refractivity contribution in [3.63, 3.8) is 0 Å².